The number of ether oxygens (including phenoxy) is 3. The standard InChI is InChI=1S/C17H23NO7S/c1-2-23-14-3-5-15(6-4-14)24-9-7-17(20)25-11-16(19)18-13-8-10-26(21,22)12-13/h3-6,13H,2,7-12H2,1H3,(H,18,19)/t13-/m1/s1. The van der Waals surface area contributed by atoms with Crippen LogP contribution in [0.2, 0.25) is 0 Å². The highest BCUT2D eigenvalue weighted by atomic mass is 32.2. The van der Waals surface area contributed by atoms with Gasteiger partial charge in [0.25, 0.3) is 5.91 Å². The van der Waals surface area contributed by atoms with Crippen molar-refractivity contribution in [2.24, 2.45) is 0 Å². The fourth-order valence-electron chi connectivity index (χ4n) is 2.45. The van der Waals surface area contributed by atoms with E-state index in [4.69, 9.17) is 14.2 Å². The fraction of sp³-hybridized carbons (Fsp3) is 0.529. The average Bonchev–Trinajstić information content (AvgIpc) is 2.93. The van der Waals surface area contributed by atoms with Crippen LogP contribution in [-0.2, 0) is 24.2 Å². The second-order valence-corrected chi connectivity index (χ2v) is 8.06. The normalized spacial score (nSPS) is 18.1. The molecule has 1 aliphatic heterocycles. The van der Waals surface area contributed by atoms with Gasteiger partial charge in [-0.25, -0.2) is 8.42 Å². The van der Waals surface area contributed by atoms with Crippen LogP contribution in [0.1, 0.15) is 19.8 Å². The predicted octanol–water partition coefficient (Wildman–Crippen LogP) is 0.701. The first-order valence-corrected chi connectivity index (χ1v) is 10.2. The number of hydrogen-bond donors (Lipinski definition) is 1. The Morgan fingerprint density at radius 3 is 2.38 bits per heavy atom. The molecular weight excluding hydrogens is 362 g/mol. The maximum Gasteiger partial charge on any atom is 0.309 e. The van der Waals surface area contributed by atoms with Crippen LogP contribution in [0.3, 0.4) is 0 Å². The number of benzene rings is 1. The molecule has 0 aliphatic carbocycles. The first kappa shape index (κ1) is 20.0. The molecule has 1 saturated heterocycles. The van der Waals surface area contributed by atoms with Crippen LogP contribution in [0.15, 0.2) is 24.3 Å². The zero-order valence-electron chi connectivity index (χ0n) is 14.6. The van der Waals surface area contributed by atoms with Crippen molar-refractivity contribution in [2.45, 2.75) is 25.8 Å². The molecule has 1 heterocycles. The third-order valence-electron chi connectivity index (χ3n) is 3.67. The van der Waals surface area contributed by atoms with Crippen LogP contribution in [0.5, 0.6) is 11.5 Å². The summed E-state index contributed by atoms with van der Waals surface area (Å²) >= 11 is 0. The highest BCUT2D eigenvalue weighted by Crippen LogP contribution is 2.17. The molecule has 0 aromatic heterocycles. The molecule has 8 nitrogen and oxygen atoms in total. The van der Waals surface area contributed by atoms with Gasteiger partial charge in [0, 0.05) is 6.04 Å². The van der Waals surface area contributed by atoms with Gasteiger partial charge in [-0.05, 0) is 37.6 Å². The molecule has 0 unspecified atom stereocenters. The maximum absolute atomic E-state index is 11.7. The summed E-state index contributed by atoms with van der Waals surface area (Å²) in [6.07, 6.45) is 0.385. The molecule has 0 radical (unpaired) electrons. The summed E-state index contributed by atoms with van der Waals surface area (Å²) in [5.41, 5.74) is 0. The quantitative estimate of drug-likeness (QED) is 0.623. The second kappa shape index (κ2) is 9.42. The number of carbonyl (C=O) groups is 2. The van der Waals surface area contributed by atoms with Gasteiger partial charge in [0.05, 0.1) is 31.1 Å². The van der Waals surface area contributed by atoms with Gasteiger partial charge < -0.3 is 19.5 Å². The molecule has 1 aromatic carbocycles. The van der Waals surface area contributed by atoms with E-state index in [1.807, 2.05) is 6.92 Å². The minimum atomic E-state index is -3.06. The van der Waals surface area contributed by atoms with Crippen molar-refractivity contribution in [3.05, 3.63) is 24.3 Å². The van der Waals surface area contributed by atoms with E-state index < -0.39 is 34.4 Å². The lowest BCUT2D eigenvalue weighted by molar-refractivity contribution is -0.149. The molecule has 26 heavy (non-hydrogen) atoms. The Hall–Kier alpha value is -2.29. The smallest absolute Gasteiger partial charge is 0.309 e. The minimum absolute atomic E-state index is 0.00169. The average molecular weight is 385 g/mol. The molecular formula is C17H23NO7S. The molecule has 2 rings (SSSR count). The topological polar surface area (TPSA) is 108 Å². The summed E-state index contributed by atoms with van der Waals surface area (Å²) in [6.45, 7) is 2.16. The van der Waals surface area contributed by atoms with Gasteiger partial charge in [-0.2, -0.15) is 0 Å². The number of nitrogens with one attached hydrogen (secondary N) is 1. The van der Waals surface area contributed by atoms with Crippen LogP contribution in [0, 0.1) is 0 Å². The highest BCUT2D eigenvalue weighted by molar-refractivity contribution is 7.91. The van der Waals surface area contributed by atoms with Gasteiger partial charge in [0.2, 0.25) is 0 Å². The fourth-order valence-corrected chi connectivity index (χ4v) is 4.12. The lowest BCUT2D eigenvalue weighted by Crippen LogP contribution is -2.38. The molecule has 1 amide bonds. The molecule has 1 atom stereocenters. The zero-order valence-corrected chi connectivity index (χ0v) is 15.4. The van der Waals surface area contributed by atoms with Gasteiger partial charge in [0.15, 0.2) is 16.4 Å². The van der Waals surface area contributed by atoms with Crippen molar-refractivity contribution in [1.29, 1.82) is 0 Å². The number of amides is 1. The van der Waals surface area contributed by atoms with E-state index in [0.717, 1.165) is 5.75 Å². The Labute approximate surface area is 152 Å². The molecule has 1 aromatic rings. The van der Waals surface area contributed by atoms with E-state index in [9.17, 15) is 18.0 Å². The summed E-state index contributed by atoms with van der Waals surface area (Å²) in [4.78, 5) is 23.3. The third-order valence-corrected chi connectivity index (χ3v) is 5.44. The van der Waals surface area contributed by atoms with E-state index in [0.29, 0.717) is 18.8 Å². The zero-order chi connectivity index (χ0) is 19.0. The Morgan fingerprint density at radius 2 is 1.81 bits per heavy atom. The van der Waals surface area contributed by atoms with Gasteiger partial charge in [-0.3, -0.25) is 9.59 Å². The lowest BCUT2D eigenvalue weighted by Gasteiger charge is -2.11. The first-order chi connectivity index (χ1) is 12.4. The molecule has 144 valence electrons. The number of esters is 1. The summed E-state index contributed by atoms with van der Waals surface area (Å²) < 4.78 is 38.2. The van der Waals surface area contributed by atoms with Crippen LogP contribution in [0.25, 0.3) is 0 Å². The predicted molar refractivity (Wildman–Crippen MR) is 93.9 cm³/mol. The summed E-state index contributed by atoms with van der Waals surface area (Å²) in [5.74, 6) is 0.267. The summed E-state index contributed by atoms with van der Waals surface area (Å²) in [6, 6.07) is 6.60. The molecule has 9 heteroatoms. The largest absolute Gasteiger partial charge is 0.494 e. The third kappa shape index (κ3) is 6.91. The van der Waals surface area contributed by atoms with E-state index >= 15 is 0 Å². The van der Waals surface area contributed by atoms with Gasteiger partial charge in [0.1, 0.15) is 11.5 Å². The van der Waals surface area contributed by atoms with Crippen molar-refractivity contribution >= 4 is 21.7 Å². The van der Waals surface area contributed by atoms with Crippen molar-refractivity contribution in [3.63, 3.8) is 0 Å². The molecule has 0 saturated carbocycles. The Balaban J connectivity index is 1.60. The number of hydrogen-bond acceptors (Lipinski definition) is 7. The molecule has 1 N–H and O–H groups in total. The van der Waals surface area contributed by atoms with Crippen molar-refractivity contribution < 1.29 is 32.2 Å². The van der Waals surface area contributed by atoms with E-state index in [1.165, 1.54) is 0 Å². The summed E-state index contributed by atoms with van der Waals surface area (Å²) in [5, 5.41) is 2.55. The number of carbonyl (C=O) groups excluding carboxylic acids is 2. The van der Waals surface area contributed by atoms with Crippen LogP contribution < -0.4 is 14.8 Å². The molecule has 0 spiro atoms. The van der Waals surface area contributed by atoms with E-state index in [-0.39, 0.29) is 24.5 Å². The Morgan fingerprint density at radius 1 is 1.15 bits per heavy atom. The van der Waals surface area contributed by atoms with Crippen LogP contribution in [0.4, 0.5) is 0 Å². The number of sulfone groups is 1. The van der Waals surface area contributed by atoms with Gasteiger partial charge in [-0.1, -0.05) is 0 Å². The van der Waals surface area contributed by atoms with Crippen molar-refractivity contribution in [1.82, 2.24) is 5.32 Å². The number of rotatable bonds is 9. The maximum atomic E-state index is 11.7. The second-order valence-electron chi connectivity index (χ2n) is 5.83. The molecule has 0 bridgehead atoms. The van der Waals surface area contributed by atoms with Crippen molar-refractivity contribution in [2.75, 3.05) is 31.3 Å². The van der Waals surface area contributed by atoms with E-state index in [2.05, 4.69) is 5.32 Å². The molecule has 1 fully saturated rings. The summed E-state index contributed by atoms with van der Waals surface area (Å²) in [7, 11) is -3.06. The highest BCUT2D eigenvalue weighted by Gasteiger charge is 2.28. The van der Waals surface area contributed by atoms with Crippen molar-refractivity contribution in [3.8, 4) is 11.5 Å². The van der Waals surface area contributed by atoms with Gasteiger partial charge in [-0.15, -0.1) is 0 Å². The van der Waals surface area contributed by atoms with E-state index in [1.54, 1.807) is 24.3 Å². The SMILES string of the molecule is CCOc1ccc(OCCC(=O)OCC(=O)N[C@@H]2CCS(=O)(=O)C2)cc1. The monoisotopic (exact) mass is 385 g/mol. The van der Waals surface area contributed by atoms with Crippen LogP contribution in [-0.4, -0.2) is 57.7 Å². The lowest BCUT2D eigenvalue weighted by atomic mass is 10.2. The van der Waals surface area contributed by atoms with Gasteiger partial charge >= 0.3 is 5.97 Å². The molecule has 1 aliphatic rings. The Kier molecular flexibility index (Phi) is 7.26. The Bertz CT molecular complexity index is 715. The first-order valence-electron chi connectivity index (χ1n) is 8.39. The minimum Gasteiger partial charge on any atom is -0.494 e. The van der Waals surface area contributed by atoms with Crippen LogP contribution >= 0.6 is 0 Å².